The molecule has 0 spiro atoms. The van der Waals surface area contributed by atoms with Crippen LogP contribution in [-0.2, 0) is 16.1 Å². The zero-order valence-electron chi connectivity index (χ0n) is 15.7. The zero-order valence-corrected chi connectivity index (χ0v) is 15.7. The Morgan fingerprint density at radius 2 is 1.88 bits per heavy atom. The number of aliphatic imine (C=N–C) groups is 1. The van der Waals surface area contributed by atoms with E-state index in [1.807, 2.05) is 37.3 Å². The van der Waals surface area contributed by atoms with Gasteiger partial charge in [0.15, 0.2) is 5.96 Å². The van der Waals surface area contributed by atoms with Crippen LogP contribution in [0.1, 0.15) is 26.3 Å². The summed E-state index contributed by atoms with van der Waals surface area (Å²) in [5.74, 6) is 1.14. The van der Waals surface area contributed by atoms with Crippen LogP contribution in [-0.4, -0.2) is 56.6 Å². The van der Waals surface area contributed by atoms with Gasteiger partial charge in [-0.15, -0.1) is 0 Å². The quantitative estimate of drug-likeness (QED) is 0.304. The molecule has 0 heterocycles. The summed E-state index contributed by atoms with van der Waals surface area (Å²) in [7, 11) is 0. The fourth-order valence-corrected chi connectivity index (χ4v) is 2.04. The van der Waals surface area contributed by atoms with Gasteiger partial charge in [-0.2, -0.15) is 0 Å². The second kappa shape index (κ2) is 13.6. The molecule has 6 heteroatoms. The summed E-state index contributed by atoms with van der Waals surface area (Å²) in [6, 6.07) is 10.1. The predicted molar refractivity (Wildman–Crippen MR) is 102 cm³/mol. The van der Waals surface area contributed by atoms with Crippen LogP contribution in [0, 0.1) is 5.92 Å². The average Bonchev–Trinajstić information content (AvgIpc) is 2.60. The Balaban J connectivity index is 2.21. The Morgan fingerprint density at radius 3 is 2.56 bits per heavy atom. The molecule has 1 unspecified atom stereocenters. The van der Waals surface area contributed by atoms with E-state index < -0.39 is 6.10 Å². The molecule has 1 atom stereocenters. The Kier molecular flexibility index (Phi) is 11.7. The smallest absolute Gasteiger partial charge is 0.191 e. The molecular formula is C19H33N3O3. The lowest BCUT2D eigenvalue weighted by molar-refractivity contribution is 0.0301. The van der Waals surface area contributed by atoms with Crippen molar-refractivity contribution in [2.24, 2.45) is 10.9 Å². The first-order chi connectivity index (χ1) is 12.1. The van der Waals surface area contributed by atoms with Crippen molar-refractivity contribution in [3.8, 4) is 0 Å². The fraction of sp³-hybridized carbons (Fsp3) is 0.632. The highest BCUT2D eigenvalue weighted by Crippen LogP contribution is 1.99. The Hall–Kier alpha value is -1.63. The van der Waals surface area contributed by atoms with Crippen LogP contribution in [0.4, 0.5) is 0 Å². The first-order valence-electron chi connectivity index (χ1n) is 9.01. The Labute approximate surface area is 151 Å². The maximum absolute atomic E-state index is 9.90. The van der Waals surface area contributed by atoms with Crippen LogP contribution in [0.3, 0.4) is 0 Å². The Morgan fingerprint density at radius 1 is 1.12 bits per heavy atom. The molecule has 0 aliphatic rings. The third-order valence-electron chi connectivity index (χ3n) is 3.22. The highest BCUT2D eigenvalue weighted by atomic mass is 16.5. The number of benzene rings is 1. The van der Waals surface area contributed by atoms with E-state index in [-0.39, 0.29) is 0 Å². The minimum atomic E-state index is -0.594. The van der Waals surface area contributed by atoms with Crippen LogP contribution < -0.4 is 10.6 Å². The summed E-state index contributed by atoms with van der Waals surface area (Å²) < 4.78 is 11.1. The Bertz CT molecular complexity index is 466. The molecule has 0 amide bonds. The normalized spacial score (nSPS) is 13.1. The third kappa shape index (κ3) is 11.5. The van der Waals surface area contributed by atoms with E-state index in [0.29, 0.717) is 51.4 Å². The molecule has 0 aromatic heterocycles. The standard InChI is InChI=1S/C19H33N3O3/c1-4-20-19(22-12-18(23)15-25-13-16(2)3)21-10-11-24-14-17-8-6-5-7-9-17/h5-9,16,18,23H,4,10-15H2,1-3H3,(H2,20,21,22). The maximum atomic E-state index is 9.90. The maximum Gasteiger partial charge on any atom is 0.191 e. The van der Waals surface area contributed by atoms with Gasteiger partial charge in [0.25, 0.3) is 0 Å². The number of nitrogens with zero attached hydrogens (tertiary/aromatic N) is 1. The molecule has 0 bridgehead atoms. The van der Waals surface area contributed by atoms with Crippen molar-refractivity contribution in [2.45, 2.75) is 33.5 Å². The van der Waals surface area contributed by atoms with Crippen molar-refractivity contribution in [3.05, 3.63) is 35.9 Å². The van der Waals surface area contributed by atoms with Gasteiger partial charge in [0.2, 0.25) is 0 Å². The first-order valence-corrected chi connectivity index (χ1v) is 9.01. The van der Waals surface area contributed by atoms with Gasteiger partial charge in [-0.05, 0) is 18.4 Å². The summed E-state index contributed by atoms with van der Waals surface area (Å²) in [5, 5.41) is 16.3. The first kappa shape index (κ1) is 21.4. The van der Waals surface area contributed by atoms with Crippen molar-refractivity contribution >= 4 is 5.96 Å². The molecule has 0 saturated carbocycles. The van der Waals surface area contributed by atoms with Crippen LogP contribution in [0.2, 0.25) is 0 Å². The van der Waals surface area contributed by atoms with E-state index in [4.69, 9.17) is 9.47 Å². The number of hydrogen-bond acceptors (Lipinski definition) is 4. The summed E-state index contributed by atoms with van der Waals surface area (Å²) in [5.41, 5.74) is 1.16. The molecule has 0 aliphatic carbocycles. The highest BCUT2D eigenvalue weighted by Gasteiger charge is 2.05. The monoisotopic (exact) mass is 351 g/mol. The molecule has 6 nitrogen and oxygen atoms in total. The molecule has 25 heavy (non-hydrogen) atoms. The van der Waals surface area contributed by atoms with Gasteiger partial charge in [0.05, 0.1) is 32.5 Å². The number of aliphatic hydroxyl groups excluding tert-OH is 1. The molecule has 1 aromatic carbocycles. The number of hydrogen-bond donors (Lipinski definition) is 3. The fourth-order valence-electron chi connectivity index (χ4n) is 2.04. The molecule has 3 N–H and O–H groups in total. The average molecular weight is 351 g/mol. The van der Waals surface area contributed by atoms with Crippen molar-refractivity contribution < 1.29 is 14.6 Å². The molecule has 142 valence electrons. The summed E-state index contributed by atoms with van der Waals surface area (Å²) in [4.78, 5) is 4.38. The second-order valence-electron chi connectivity index (χ2n) is 6.27. The highest BCUT2D eigenvalue weighted by molar-refractivity contribution is 5.79. The van der Waals surface area contributed by atoms with E-state index in [1.165, 1.54) is 0 Å². The SMILES string of the molecule is CCNC(=NCC(O)COCC(C)C)NCCOCc1ccccc1. The van der Waals surface area contributed by atoms with Gasteiger partial charge < -0.3 is 25.2 Å². The lowest BCUT2D eigenvalue weighted by Crippen LogP contribution is -2.39. The number of aliphatic hydroxyl groups is 1. The zero-order chi connectivity index (χ0) is 18.3. The minimum absolute atomic E-state index is 0.304. The van der Waals surface area contributed by atoms with Crippen molar-refractivity contribution in [2.75, 3.05) is 39.5 Å². The van der Waals surface area contributed by atoms with E-state index in [0.717, 1.165) is 12.1 Å². The topological polar surface area (TPSA) is 75.1 Å². The molecule has 0 fully saturated rings. The van der Waals surface area contributed by atoms with Gasteiger partial charge in [-0.25, -0.2) is 0 Å². The molecule has 0 aliphatic heterocycles. The summed E-state index contributed by atoms with van der Waals surface area (Å²) in [6.07, 6.45) is -0.594. The van der Waals surface area contributed by atoms with Gasteiger partial charge in [-0.1, -0.05) is 44.2 Å². The third-order valence-corrected chi connectivity index (χ3v) is 3.22. The van der Waals surface area contributed by atoms with Gasteiger partial charge >= 0.3 is 0 Å². The number of guanidine groups is 1. The minimum Gasteiger partial charge on any atom is -0.389 e. The van der Waals surface area contributed by atoms with Crippen molar-refractivity contribution in [1.82, 2.24) is 10.6 Å². The summed E-state index contributed by atoms with van der Waals surface area (Å²) >= 11 is 0. The van der Waals surface area contributed by atoms with E-state index in [1.54, 1.807) is 0 Å². The molecule has 0 saturated heterocycles. The molecule has 1 aromatic rings. The van der Waals surface area contributed by atoms with E-state index >= 15 is 0 Å². The van der Waals surface area contributed by atoms with E-state index in [2.05, 4.69) is 29.5 Å². The lowest BCUT2D eigenvalue weighted by atomic mass is 10.2. The second-order valence-corrected chi connectivity index (χ2v) is 6.27. The van der Waals surface area contributed by atoms with Crippen LogP contribution in [0.15, 0.2) is 35.3 Å². The van der Waals surface area contributed by atoms with Gasteiger partial charge in [0, 0.05) is 19.7 Å². The van der Waals surface area contributed by atoms with Crippen molar-refractivity contribution in [1.29, 1.82) is 0 Å². The van der Waals surface area contributed by atoms with Crippen LogP contribution >= 0.6 is 0 Å². The van der Waals surface area contributed by atoms with Gasteiger partial charge in [0.1, 0.15) is 0 Å². The lowest BCUT2D eigenvalue weighted by Gasteiger charge is -2.14. The molecular weight excluding hydrogens is 318 g/mol. The molecule has 0 radical (unpaired) electrons. The van der Waals surface area contributed by atoms with Crippen LogP contribution in [0.5, 0.6) is 0 Å². The predicted octanol–water partition coefficient (Wildman–Crippen LogP) is 1.79. The largest absolute Gasteiger partial charge is 0.389 e. The van der Waals surface area contributed by atoms with Crippen LogP contribution in [0.25, 0.3) is 0 Å². The molecule has 1 rings (SSSR count). The van der Waals surface area contributed by atoms with Crippen molar-refractivity contribution in [3.63, 3.8) is 0 Å². The number of nitrogens with one attached hydrogen (secondary N) is 2. The number of ether oxygens (including phenoxy) is 2. The summed E-state index contributed by atoms with van der Waals surface area (Å²) in [6.45, 7) is 10.0. The number of rotatable bonds is 12. The van der Waals surface area contributed by atoms with E-state index in [9.17, 15) is 5.11 Å². The van der Waals surface area contributed by atoms with Gasteiger partial charge in [-0.3, -0.25) is 4.99 Å².